The molecule has 206 valence electrons. The van der Waals surface area contributed by atoms with Crippen LogP contribution < -0.4 is 14.5 Å². The van der Waals surface area contributed by atoms with Gasteiger partial charge in [0.05, 0.1) is 28.6 Å². The molecule has 1 spiro atoms. The normalized spacial score (nSPS) is 20.9. The minimum Gasteiger partial charge on any atom is -0.440 e. The van der Waals surface area contributed by atoms with Gasteiger partial charge < -0.3 is 24.2 Å². The van der Waals surface area contributed by atoms with Gasteiger partial charge in [-0.3, -0.25) is 0 Å². The first-order valence-electron chi connectivity index (χ1n) is 14.2. The first-order chi connectivity index (χ1) is 19.3. The zero-order chi connectivity index (χ0) is 28.2. The van der Waals surface area contributed by atoms with Crippen molar-refractivity contribution in [2.24, 2.45) is 0 Å². The Labute approximate surface area is 237 Å². The summed E-state index contributed by atoms with van der Waals surface area (Å²) in [4.78, 5) is 20.2. The summed E-state index contributed by atoms with van der Waals surface area (Å²) < 4.78 is 13.4. The number of rotatable bonds is 6. The Bertz CT molecular complexity index is 1540. The minimum atomic E-state index is -1.11. The fourth-order valence-corrected chi connectivity index (χ4v) is 6.56. The number of benzene rings is 3. The predicted molar refractivity (Wildman–Crippen MR) is 160 cm³/mol. The summed E-state index contributed by atoms with van der Waals surface area (Å²) in [7, 11) is 4.15. The standard InChI is InChI=1S/C34H37N3O3/c1-7-23-19-22(4)31-32(36(23)6)39-30-21-29(37(8-2)9-3)28(35(5)24-15-11-10-12-16-24)20-27(30)34(31)26-18-14-13-17-25(26)33(38)40-34/h10-21,23H,7-9H2,1-6H3. The summed E-state index contributed by atoms with van der Waals surface area (Å²) in [6.07, 6.45) is 3.21. The maximum atomic E-state index is 13.5. The summed E-state index contributed by atoms with van der Waals surface area (Å²) >= 11 is 0. The van der Waals surface area contributed by atoms with Crippen LogP contribution in [0.2, 0.25) is 0 Å². The van der Waals surface area contributed by atoms with E-state index >= 15 is 0 Å². The zero-order valence-corrected chi connectivity index (χ0v) is 24.2. The molecule has 0 aliphatic carbocycles. The van der Waals surface area contributed by atoms with Crippen LogP contribution in [0.3, 0.4) is 0 Å². The molecule has 3 heterocycles. The van der Waals surface area contributed by atoms with Crippen LogP contribution in [0.1, 0.15) is 55.6 Å². The maximum Gasteiger partial charge on any atom is 0.340 e. The number of para-hydroxylation sites is 1. The second-order valence-corrected chi connectivity index (χ2v) is 10.7. The summed E-state index contributed by atoms with van der Waals surface area (Å²) in [5, 5.41) is 0. The van der Waals surface area contributed by atoms with Crippen LogP contribution in [0.4, 0.5) is 17.1 Å². The van der Waals surface area contributed by atoms with Crippen molar-refractivity contribution < 1.29 is 14.3 Å². The van der Waals surface area contributed by atoms with Gasteiger partial charge in [-0.15, -0.1) is 0 Å². The van der Waals surface area contributed by atoms with Crippen LogP contribution >= 0.6 is 0 Å². The lowest BCUT2D eigenvalue weighted by Crippen LogP contribution is -2.45. The van der Waals surface area contributed by atoms with Gasteiger partial charge in [0.2, 0.25) is 5.88 Å². The van der Waals surface area contributed by atoms with Crippen molar-refractivity contribution in [3.05, 3.63) is 107 Å². The van der Waals surface area contributed by atoms with Gasteiger partial charge in [0.15, 0.2) is 5.60 Å². The number of esters is 1. The third-order valence-corrected chi connectivity index (χ3v) is 8.68. The third kappa shape index (κ3) is 3.65. The average molecular weight is 536 g/mol. The third-order valence-electron chi connectivity index (χ3n) is 8.68. The van der Waals surface area contributed by atoms with Crippen molar-refractivity contribution in [2.45, 2.75) is 45.8 Å². The van der Waals surface area contributed by atoms with Crippen molar-refractivity contribution in [3.63, 3.8) is 0 Å². The molecule has 0 saturated heterocycles. The van der Waals surface area contributed by atoms with E-state index in [0.717, 1.165) is 64.7 Å². The van der Waals surface area contributed by atoms with Gasteiger partial charge in [0, 0.05) is 50.1 Å². The number of nitrogens with zero attached hydrogens (tertiary/aromatic N) is 3. The number of hydrogen-bond donors (Lipinski definition) is 0. The Balaban J connectivity index is 1.68. The van der Waals surface area contributed by atoms with Crippen molar-refractivity contribution in [1.82, 2.24) is 4.90 Å². The van der Waals surface area contributed by atoms with Crippen LogP contribution in [0, 0.1) is 0 Å². The molecule has 6 heteroatoms. The summed E-state index contributed by atoms with van der Waals surface area (Å²) in [5.41, 5.74) is 6.33. The molecule has 0 fully saturated rings. The van der Waals surface area contributed by atoms with Crippen molar-refractivity contribution in [2.75, 3.05) is 37.0 Å². The number of carbonyl (C=O) groups is 1. The lowest BCUT2D eigenvalue weighted by atomic mass is 9.74. The highest BCUT2D eigenvalue weighted by Crippen LogP contribution is 2.58. The Hall–Kier alpha value is -4.19. The number of anilines is 3. The van der Waals surface area contributed by atoms with E-state index in [4.69, 9.17) is 9.47 Å². The highest BCUT2D eigenvalue weighted by atomic mass is 16.6. The van der Waals surface area contributed by atoms with Gasteiger partial charge in [0.25, 0.3) is 0 Å². The molecule has 0 radical (unpaired) electrons. The molecule has 2 atom stereocenters. The van der Waals surface area contributed by atoms with E-state index in [1.54, 1.807) is 0 Å². The molecular weight excluding hydrogens is 498 g/mol. The van der Waals surface area contributed by atoms with E-state index < -0.39 is 5.60 Å². The van der Waals surface area contributed by atoms with Gasteiger partial charge >= 0.3 is 5.97 Å². The van der Waals surface area contributed by atoms with Gasteiger partial charge in [-0.05, 0) is 57.0 Å². The highest BCUT2D eigenvalue weighted by Gasteiger charge is 2.57. The molecule has 0 N–H and O–H groups in total. The molecule has 6 nitrogen and oxygen atoms in total. The maximum absolute atomic E-state index is 13.5. The first-order valence-corrected chi connectivity index (χ1v) is 14.2. The molecule has 0 bridgehead atoms. The molecular formula is C34H37N3O3. The molecule has 0 amide bonds. The van der Waals surface area contributed by atoms with E-state index in [2.05, 4.69) is 86.8 Å². The second kappa shape index (κ2) is 9.77. The first kappa shape index (κ1) is 26.1. The van der Waals surface area contributed by atoms with Crippen LogP contribution in [-0.4, -0.2) is 44.1 Å². The van der Waals surface area contributed by atoms with Crippen molar-refractivity contribution >= 4 is 23.0 Å². The van der Waals surface area contributed by atoms with E-state index in [-0.39, 0.29) is 12.0 Å². The lowest BCUT2D eigenvalue weighted by Gasteiger charge is -2.45. The molecule has 3 aliphatic heterocycles. The Morgan fingerprint density at radius 1 is 0.925 bits per heavy atom. The quantitative estimate of drug-likeness (QED) is 0.317. The Kier molecular flexibility index (Phi) is 6.37. The van der Waals surface area contributed by atoms with E-state index in [1.807, 2.05) is 42.5 Å². The van der Waals surface area contributed by atoms with Gasteiger partial charge in [-0.1, -0.05) is 49.4 Å². The topological polar surface area (TPSA) is 45.3 Å². The van der Waals surface area contributed by atoms with Crippen LogP contribution in [-0.2, 0) is 10.3 Å². The fourth-order valence-electron chi connectivity index (χ4n) is 6.56. The van der Waals surface area contributed by atoms with Crippen LogP contribution in [0.5, 0.6) is 5.75 Å². The fraction of sp³-hybridized carbons (Fsp3) is 0.324. The zero-order valence-electron chi connectivity index (χ0n) is 24.2. The SMILES string of the molecule is CCC1C=C(C)C2=C(Oc3cc(N(CC)CC)c(N(C)c4ccccc4)cc3C23OC(=O)c2ccccc23)N1C. The highest BCUT2D eigenvalue weighted by molar-refractivity contribution is 5.97. The van der Waals surface area contributed by atoms with E-state index in [1.165, 1.54) is 0 Å². The van der Waals surface area contributed by atoms with Crippen molar-refractivity contribution in [1.29, 1.82) is 0 Å². The molecule has 40 heavy (non-hydrogen) atoms. The molecule has 3 aliphatic rings. The molecule has 0 aromatic heterocycles. The number of ether oxygens (including phenoxy) is 2. The molecule has 2 unspecified atom stereocenters. The number of hydrogen-bond acceptors (Lipinski definition) is 6. The monoisotopic (exact) mass is 535 g/mol. The molecule has 3 aromatic carbocycles. The summed E-state index contributed by atoms with van der Waals surface area (Å²) in [5.74, 6) is 1.15. The molecule has 3 aromatic rings. The van der Waals surface area contributed by atoms with Crippen LogP contribution in [0.15, 0.2) is 89.8 Å². The number of likely N-dealkylation sites (N-methyl/N-ethyl adjacent to an activating group) is 1. The van der Waals surface area contributed by atoms with Gasteiger partial charge in [0.1, 0.15) is 5.75 Å². The lowest BCUT2D eigenvalue weighted by molar-refractivity contribution is 0.0171. The average Bonchev–Trinajstić information content (AvgIpc) is 3.27. The number of fused-ring (bicyclic) bond motifs is 5. The minimum absolute atomic E-state index is 0.190. The van der Waals surface area contributed by atoms with E-state index in [0.29, 0.717) is 11.3 Å². The Morgan fingerprint density at radius 2 is 1.62 bits per heavy atom. The van der Waals surface area contributed by atoms with Crippen molar-refractivity contribution in [3.8, 4) is 5.75 Å². The van der Waals surface area contributed by atoms with E-state index in [9.17, 15) is 4.79 Å². The second-order valence-electron chi connectivity index (χ2n) is 10.7. The smallest absolute Gasteiger partial charge is 0.340 e. The summed E-state index contributed by atoms with van der Waals surface area (Å²) in [6, 6.07) is 22.6. The van der Waals surface area contributed by atoms with Gasteiger partial charge in [-0.25, -0.2) is 4.79 Å². The largest absolute Gasteiger partial charge is 0.440 e. The molecule has 6 rings (SSSR count). The Morgan fingerprint density at radius 3 is 2.33 bits per heavy atom. The summed E-state index contributed by atoms with van der Waals surface area (Å²) in [6.45, 7) is 10.3. The van der Waals surface area contributed by atoms with Gasteiger partial charge in [-0.2, -0.15) is 0 Å². The molecule has 0 saturated carbocycles. The predicted octanol–water partition coefficient (Wildman–Crippen LogP) is 6.99. The van der Waals surface area contributed by atoms with Crippen LogP contribution in [0.25, 0.3) is 0 Å². The number of carbonyl (C=O) groups excluding carboxylic acids is 1.